The Balaban J connectivity index is 1.84. The van der Waals surface area contributed by atoms with Crippen molar-refractivity contribution >= 4 is 11.9 Å². The van der Waals surface area contributed by atoms with Crippen LogP contribution in [0.5, 0.6) is 11.5 Å². The second-order valence-corrected chi connectivity index (χ2v) is 4.80. The number of methoxy groups -OCH3 is 2. The van der Waals surface area contributed by atoms with Crippen molar-refractivity contribution in [3.8, 4) is 23.0 Å². The number of hydrogen-bond donors (Lipinski definition) is 1. The molecule has 7 heteroatoms. The zero-order valence-corrected chi connectivity index (χ0v) is 13.1. The van der Waals surface area contributed by atoms with Gasteiger partial charge in [0.15, 0.2) is 5.76 Å². The molecule has 1 amide bonds. The summed E-state index contributed by atoms with van der Waals surface area (Å²) in [5, 5.41) is 2.65. The van der Waals surface area contributed by atoms with Crippen LogP contribution >= 0.6 is 0 Å². The van der Waals surface area contributed by atoms with E-state index in [-0.39, 0.29) is 11.9 Å². The van der Waals surface area contributed by atoms with Gasteiger partial charge in [-0.1, -0.05) is 0 Å². The van der Waals surface area contributed by atoms with Gasteiger partial charge in [0.05, 0.1) is 20.5 Å². The summed E-state index contributed by atoms with van der Waals surface area (Å²) in [6, 6.07) is 10.1. The van der Waals surface area contributed by atoms with Crippen LogP contribution in [0.3, 0.4) is 0 Å². The van der Waals surface area contributed by atoms with Gasteiger partial charge in [0.1, 0.15) is 17.2 Å². The molecule has 2 heterocycles. The standard InChI is InChI=1S/C17H15N3O4/c1-22-12-8-11(9-13(10-12)23-2)16(21)20-17-18-6-5-14(19-17)15-4-3-7-24-15/h3-10H,1-2H3,(H,18,19,20,21). The third-order valence-electron chi connectivity index (χ3n) is 3.27. The lowest BCUT2D eigenvalue weighted by molar-refractivity contribution is 0.102. The van der Waals surface area contributed by atoms with Crippen molar-refractivity contribution in [1.29, 1.82) is 0 Å². The summed E-state index contributed by atoms with van der Waals surface area (Å²) < 4.78 is 15.6. The predicted molar refractivity (Wildman–Crippen MR) is 87.2 cm³/mol. The van der Waals surface area contributed by atoms with Crippen molar-refractivity contribution in [2.45, 2.75) is 0 Å². The Morgan fingerprint density at radius 3 is 2.50 bits per heavy atom. The van der Waals surface area contributed by atoms with Crippen LogP contribution in [0.25, 0.3) is 11.5 Å². The molecule has 0 fully saturated rings. The van der Waals surface area contributed by atoms with E-state index < -0.39 is 0 Å². The highest BCUT2D eigenvalue weighted by Gasteiger charge is 2.12. The van der Waals surface area contributed by atoms with Crippen molar-refractivity contribution in [3.05, 3.63) is 54.4 Å². The fraction of sp³-hybridized carbons (Fsp3) is 0.118. The molecule has 3 aromatic rings. The van der Waals surface area contributed by atoms with Gasteiger partial charge in [0.2, 0.25) is 5.95 Å². The van der Waals surface area contributed by atoms with E-state index >= 15 is 0 Å². The molecule has 0 bridgehead atoms. The van der Waals surface area contributed by atoms with Gasteiger partial charge in [-0.25, -0.2) is 9.97 Å². The molecule has 0 unspecified atom stereocenters. The molecular weight excluding hydrogens is 310 g/mol. The van der Waals surface area contributed by atoms with Crippen molar-refractivity contribution in [2.75, 3.05) is 19.5 Å². The number of aromatic nitrogens is 2. The first kappa shape index (κ1) is 15.5. The molecule has 0 atom stereocenters. The lowest BCUT2D eigenvalue weighted by Gasteiger charge is -2.08. The van der Waals surface area contributed by atoms with Crippen LogP contribution < -0.4 is 14.8 Å². The molecule has 0 spiro atoms. The first-order valence-electron chi connectivity index (χ1n) is 7.11. The maximum absolute atomic E-state index is 12.4. The van der Waals surface area contributed by atoms with Crippen molar-refractivity contribution in [3.63, 3.8) is 0 Å². The molecule has 0 saturated carbocycles. The van der Waals surface area contributed by atoms with Gasteiger partial charge in [0.25, 0.3) is 5.91 Å². The van der Waals surface area contributed by atoms with Gasteiger partial charge in [-0.3, -0.25) is 10.1 Å². The van der Waals surface area contributed by atoms with Crippen LogP contribution in [0.1, 0.15) is 10.4 Å². The van der Waals surface area contributed by atoms with E-state index in [1.165, 1.54) is 14.2 Å². The van der Waals surface area contributed by atoms with E-state index in [1.54, 1.807) is 48.9 Å². The van der Waals surface area contributed by atoms with E-state index in [2.05, 4.69) is 15.3 Å². The highest BCUT2D eigenvalue weighted by molar-refractivity contribution is 6.04. The average molecular weight is 325 g/mol. The number of benzene rings is 1. The van der Waals surface area contributed by atoms with E-state index in [0.717, 1.165) is 0 Å². The third kappa shape index (κ3) is 3.35. The largest absolute Gasteiger partial charge is 0.497 e. The van der Waals surface area contributed by atoms with Crippen LogP contribution in [0.15, 0.2) is 53.3 Å². The first-order valence-corrected chi connectivity index (χ1v) is 7.11. The summed E-state index contributed by atoms with van der Waals surface area (Å²) >= 11 is 0. The van der Waals surface area contributed by atoms with Crippen molar-refractivity contribution in [2.24, 2.45) is 0 Å². The number of carbonyl (C=O) groups excluding carboxylic acids is 1. The van der Waals surface area contributed by atoms with Crippen LogP contribution in [0.4, 0.5) is 5.95 Å². The van der Waals surface area contributed by atoms with Crippen LogP contribution in [0, 0.1) is 0 Å². The molecule has 3 rings (SSSR count). The second kappa shape index (κ2) is 6.82. The van der Waals surface area contributed by atoms with E-state index in [9.17, 15) is 4.79 Å². The molecule has 0 radical (unpaired) electrons. The predicted octanol–water partition coefficient (Wildman–Crippen LogP) is 3.01. The Morgan fingerprint density at radius 2 is 1.88 bits per heavy atom. The average Bonchev–Trinajstić information content (AvgIpc) is 3.16. The third-order valence-corrected chi connectivity index (χ3v) is 3.27. The van der Waals surface area contributed by atoms with Crippen LogP contribution in [0.2, 0.25) is 0 Å². The molecule has 2 aromatic heterocycles. The minimum atomic E-state index is -0.371. The Bertz CT molecular complexity index is 825. The number of anilines is 1. The molecule has 1 N–H and O–H groups in total. The number of nitrogens with one attached hydrogen (secondary N) is 1. The lowest BCUT2D eigenvalue weighted by atomic mass is 10.2. The van der Waals surface area contributed by atoms with Gasteiger partial charge in [-0.2, -0.15) is 0 Å². The molecule has 122 valence electrons. The zero-order chi connectivity index (χ0) is 16.9. The quantitative estimate of drug-likeness (QED) is 0.776. The smallest absolute Gasteiger partial charge is 0.258 e. The Hall–Kier alpha value is -3.35. The number of hydrogen-bond acceptors (Lipinski definition) is 6. The van der Waals surface area contributed by atoms with E-state index in [4.69, 9.17) is 13.9 Å². The zero-order valence-electron chi connectivity index (χ0n) is 13.1. The van der Waals surface area contributed by atoms with Crippen molar-refractivity contribution in [1.82, 2.24) is 9.97 Å². The molecule has 0 saturated heterocycles. The summed E-state index contributed by atoms with van der Waals surface area (Å²) in [5.41, 5.74) is 0.951. The number of ether oxygens (including phenoxy) is 2. The summed E-state index contributed by atoms with van der Waals surface area (Å²) in [7, 11) is 3.04. The van der Waals surface area contributed by atoms with Gasteiger partial charge in [0, 0.05) is 17.8 Å². The maximum atomic E-state index is 12.4. The molecule has 24 heavy (non-hydrogen) atoms. The van der Waals surface area contributed by atoms with Crippen LogP contribution in [-0.2, 0) is 0 Å². The Morgan fingerprint density at radius 1 is 1.12 bits per heavy atom. The van der Waals surface area contributed by atoms with Gasteiger partial charge < -0.3 is 13.9 Å². The number of furan rings is 1. The molecule has 0 aliphatic heterocycles. The fourth-order valence-corrected chi connectivity index (χ4v) is 2.09. The molecule has 1 aromatic carbocycles. The molecule has 0 aliphatic rings. The van der Waals surface area contributed by atoms with Gasteiger partial charge in [-0.05, 0) is 30.3 Å². The molecular formula is C17H15N3O4. The normalized spacial score (nSPS) is 10.2. The minimum absolute atomic E-state index is 0.177. The summed E-state index contributed by atoms with van der Waals surface area (Å²) in [6.45, 7) is 0. The van der Waals surface area contributed by atoms with E-state index in [1.807, 2.05) is 0 Å². The topological polar surface area (TPSA) is 86.5 Å². The second-order valence-electron chi connectivity index (χ2n) is 4.80. The highest BCUT2D eigenvalue weighted by atomic mass is 16.5. The minimum Gasteiger partial charge on any atom is -0.497 e. The number of rotatable bonds is 5. The van der Waals surface area contributed by atoms with Gasteiger partial charge in [-0.15, -0.1) is 0 Å². The van der Waals surface area contributed by atoms with E-state index in [0.29, 0.717) is 28.5 Å². The monoisotopic (exact) mass is 325 g/mol. The number of carbonyl (C=O) groups is 1. The summed E-state index contributed by atoms with van der Waals surface area (Å²) in [6.07, 6.45) is 3.10. The fourth-order valence-electron chi connectivity index (χ4n) is 2.09. The van der Waals surface area contributed by atoms with Gasteiger partial charge >= 0.3 is 0 Å². The first-order chi connectivity index (χ1) is 11.7. The lowest BCUT2D eigenvalue weighted by Crippen LogP contribution is -2.14. The summed E-state index contributed by atoms with van der Waals surface area (Å²) in [5.74, 6) is 1.44. The molecule has 0 aliphatic carbocycles. The summed E-state index contributed by atoms with van der Waals surface area (Å²) in [4.78, 5) is 20.7. The highest BCUT2D eigenvalue weighted by Crippen LogP contribution is 2.23. The SMILES string of the molecule is COc1cc(OC)cc(C(=O)Nc2nccc(-c3ccco3)n2)c1. The van der Waals surface area contributed by atoms with Crippen LogP contribution in [-0.4, -0.2) is 30.1 Å². The Labute approximate surface area is 138 Å². The molecule has 7 nitrogen and oxygen atoms in total. The Kier molecular flexibility index (Phi) is 4.42. The van der Waals surface area contributed by atoms with Crippen molar-refractivity contribution < 1.29 is 18.7 Å². The number of amides is 1. The maximum Gasteiger partial charge on any atom is 0.258 e. The number of nitrogens with zero attached hydrogens (tertiary/aromatic N) is 2.